The van der Waals surface area contributed by atoms with Crippen molar-refractivity contribution in [2.75, 3.05) is 13.2 Å². The molecule has 6 nitrogen and oxygen atoms in total. The summed E-state index contributed by atoms with van der Waals surface area (Å²) in [4.78, 5) is 37.9. The van der Waals surface area contributed by atoms with Crippen molar-refractivity contribution < 1.29 is 28.6 Å². The molecule has 0 aromatic rings. The molecule has 0 N–H and O–H groups in total. The average Bonchev–Trinajstić information content (AvgIpc) is 3.39. The summed E-state index contributed by atoms with van der Waals surface area (Å²) < 4.78 is 16.8. The van der Waals surface area contributed by atoms with Gasteiger partial charge in [0.05, 0.1) is 0 Å². The first-order valence-electron chi connectivity index (χ1n) is 33.5. The second-order valence-corrected chi connectivity index (χ2v) is 23.1. The molecule has 0 aromatic carbocycles. The van der Waals surface area contributed by atoms with Crippen LogP contribution in [0.25, 0.3) is 0 Å². The fraction of sp³-hybridized carbons (Fsp3) is 0.955. The number of hydrogen-bond acceptors (Lipinski definition) is 6. The molecule has 0 aromatic heterocycles. The topological polar surface area (TPSA) is 78.9 Å². The Balaban J connectivity index is 3.82. The van der Waals surface area contributed by atoms with Crippen LogP contribution in [0.3, 0.4) is 0 Å². The molecule has 0 aliphatic rings. The highest BCUT2D eigenvalue weighted by Gasteiger charge is 2.19. The third-order valence-corrected chi connectivity index (χ3v) is 15.6. The molecule has 1 unspecified atom stereocenters. The van der Waals surface area contributed by atoms with Crippen LogP contribution in [0, 0.1) is 0 Å². The monoisotopic (exact) mass is 1030 g/mol. The van der Waals surface area contributed by atoms with Gasteiger partial charge in [-0.1, -0.05) is 355 Å². The molecule has 0 aliphatic carbocycles. The molecule has 0 spiro atoms. The van der Waals surface area contributed by atoms with E-state index in [-0.39, 0.29) is 31.1 Å². The van der Waals surface area contributed by atoms with Crippen molar-refractivity contribution in [2.45, 2.75) is 399 Å². The third kappa shape index (κ3) is 61.1. The predicted octanol–water partition coefficient (Wildman–Crippen LogP) is 22.7. The Bertz CT molecular complexity index is 1090. The van der Waals surface area contributed by atoms with Gasteiger partial charge in [0.1, 0.15) is 13.2 Å². The van der Waals surface area contributed by atoms with Gasteiger partial charge in [-0.05, 0) is 19.3 Å². The summed E-state index contributed by atoms with van der Waals surface area (Å²) in [5, 5.41) is 0. The summed E-state index contributed by atoms with van der Waals surface area (Å²) in [6, 6.07) is 0. The van der Waals surface area contributed by atoms with Crippen molar-refractivity contribution >= 4 is 17.9 Å². The van der Waals surface area contributed by atoms with E-state index in [1.165, 1.54) is 289 Å². The van der Waals surface area contributed by atoms with Crippen LogP contribution in [0.4, 0.5) is 0 Å². The van der Waals surface area contributed by atoms with E-state index in [9.17, 15) is 14.4 Å². The molecule has 73 heavy (non-hydrogen) atoms. The van der Waals surface area contributed by atoms with E-state index in [4.69, 9.17) is 14.2 Å². The van der Waals surface area contributed by atoms with Crippen LogP contribution in [-0.4, -0.2) is 37.2 Å². The molecule has 0 saturated carbocycles. The fourth-order valence-electron chi connectivity index (χ4n) is 10.6. The Morgan fingerprint density at radius 2 is 0.370 bits per heavy atom. The van der Waals surface area contributed by atoms with E-state index in [0.29, 0.717) is 19.3 Å². The highest BCUT2D eigenvalue weighted by Crippen LogP contribution is 2.19. The normalized spacial score (nSPS) is 11.9. The fourth-order valence-corrected chi connectivity index (χ4v) is 10.6. The zero-order valence-corrected chi connectivity index (χ0v) is 50.0. The second kappa shape index (κ2) is 62.9. The van der Waals surface area contributed by atoms with Crippen molar-refractivity contribution in [1.82, 2.24) is 0 Å². The van der Waals surface area contributed by atoms with Crippen LogP contribution in [0.5, 0.6) is 0 Å². The molecule has 0 radical (unpaired) electrons. The Labute approximate surface area is 457 Å². The van der Waals surface area contributed by atoms with Crippen LogP contribution < -0.4 is 0 Å². The Morgan fingerprint density at radius 1 is 0.219 bits per heavy atom. The molecule has 0 aliphatic heterocycles. The maximum Gasteiger partial charge on any atom is 0.306 e. The van der Waals surface area contributed by atoms with Crippen LogP contribution in [0.15, 0.2) is 0 Å². The largest absolute Gasteiger partial charge is 0.462 e. The Kier molecular flexibility index (Phi) is 61.6. The van der Waals surface area contributed by atoms with E-state index in [1.54, 1.807) is 0 Å². The highest BCUT2D eigenvalue weighted by atomic mass is 16.6. The minimum atomic E-state index is -0.760. The van der Waals surface area contributed by atoms with Crippen molar-refractivity contribution in [3.05, 3.63) is 0 Å². The zero-order chi connectivity index (χ0) is 52.9. The summed E-state index contributed by atoms with van der Waals surface area (Å²) >= 11 is 0. The quantitative estimate of drug-likeness (QED) is 0.0343. The molecule has 0 amide bonds. The standard InChI is InChI=1S/C67H130O6/c1-4-7-10-13-15-17-19-21-23-25-26-27-28-29-30-31-32-33-34-35-36-37-38-39-40-41-42-44-45-47-49-51-54-57-60-66(69)72-63-64(62-71-65(68)59-56-53-12-9-6-3)73-67(70)61-58-55-52-50-48-46-43-24-22-20-18-16-14-11-8-5-2/h64H,4-63H2,1-3H3. The van der Waals surface area contributed by atoms with Gasteiger partial charge in [-0.15, -0.1) is 0 Å². The zero-order valence-electron chi connectivity index (χ0n) is 50.0. The number of rotatable bonds is 63. The van der Waals surface area contributed by atoms with Gasteiger partial charge in [0.25, 0.3) is 0 Å². The molecular formula is C67H130O6. The lowest BCUT2D eigenvalue weighted by Gasteiger charge is -2.18. The number of ether oxygens (including phenoxy) is 3. The van der Waals surface area contributed by atoms with Crippen LogP contribution >= 0.6 is 0 Å². The maximum absolute atomic E-state index is 12.8. The SMILES string of the molecule is CCCCCCCCCCCCCCCCCCCCCCCCCCCCCCCCCCCCC(=O)OCC(COC(=O)CCCCCCC)OC(=O)CCCCCCCCCCCCCCCCCC. The molecule has 0 saturated heterocycles. The first-order valence-corrected chi connectivity index (χ1v) is 33.5. The molecule has 0 fully saturated rings. The third-order valence-electron chi connectivity index (χ3n) is 15.6. The average molecular weight is 1030 g/mol. The minimum Gasteiger partial charge on any atom is -0.462 e. The number of esters is 3. The lowest BCUT2D eigenvalue weighted by atomic mass is 10.0. The second-order valence-electron chi connectivity index (χ2n) is 23.1. The molecule has 0 rings (SSSR count). The van der Waals surface area contributed by atoms with Crippen molar-refractivity contribution in [3.63, 3.8) is 0 Å². The summed E-state index contributed by atoms with van der Waals surface area (Å²) in [6.07, 6.45) is 73.4. The van der Waals surface area contributed by atoms with Crippen molar-refractivity contribution in [2.24, 2.45) is 0 Å². The van der Waals surface area contributed by atoms with Gasteiger partial charge in [-0.3, -0.25) is 14.4 Å². The van der Waals surface area contributed by atoms with Gasteiger partial charge in [0.15, 0.2) is 6.10 Å². The van der Waals surface area contributed by atoms with E-state index in [1.807, 2.05) is 0 Å². The number of carbonyl (C=O) groups excluding carboxylic acids is 3. The van der Waals surface area contributed by atoms with E-state index in [0.717, 1.165) is 64.2 Å². The summed E-state index contributed by atoms with van der Waals surface area (Å²) in [6.45, 7) is 6.63. The Morgan fingerprint density at radius 3 is 0.548 bits per heavy atom. The maximum atomic E-state index is 12.8. The first-order chi connectivity index (χ1) is 36.0. The van der Waals surface area contributed by atoms with Gasteiger partial charge in [0, 0.05) is 19.3 Å². The number of unbranched alkanes of at least 4 members (excludes halogenated alkanes) is 52. The Hall–Kier alpha value is -1.59. The summed E-state index contributed by atoms with van der Waals surface area (Å²) in [5.41, 5.74) is 0. The lowest BCUT2D eigenvalue weighted by molar-refractivity contribution is -0.167. The smallest absolute Gasteiger partial charge is 0.306 e. The number of hydrogen-bond donors (Lipinski definition) is 0. The van der Waals surface area contributed by atoms with E-state index < -0.39 is 6.10 Å². The van der Waals surface area contributed by atoms with Gasteiger partial charge >= 0.3 is 17.9 Å². The van der Waals surface area contributed by atoms with Crippen molar-refractivity contribution in [3.8, 4) is 0 Å². The molecule has 1 atom stereocenters. The van der Waals surface area contributed by atoms with E-state index in [2.05, 4.69) is 20.8 Å². The summed E-state index contributed by atoms with van der Waals surface area (Å²) in [5.74, 6) is -0.848. The molecule has 0 heterocycles. The van der Waals surface area contributed by atoms with Crippen LogP contribution in [0.1, 0.15) is 393 Å². The van der Waals surface area contributed by atoms with Gasteiger partial charge in [-0.2, -0.15) is 0 Å². The first kappa shape index (κ1) is 71.4. The van der Waals surface area contributed by atoms with Gasteiger partial charge in [0.2, 0.25) is 0 Å². The minimum absolute atomic E-state index is 0.0625. The summed E-state index contributed by atoms with van der Waals surface area (Å²) in [7, 11) is 0. The number of carbonyl (C=O) groups is 3. The van der Waals surface area contributed by atoms with Crippen LogP contribution in [0.2, 0.25) is 0 Å². The molecular weight excluding hydrogens is 901 g/mol. The van der Waals surface area contributed by atoms with E-state index >= 15 is 0 Å². The molecule has 6 heteroatoms. The van der Waals surface area contributed by atoms with Gasteiger partial charge < -0.3 is 14.2 Å². The predicted molar refractivity (Wildman–Crippen MR) is 317 cm³/mol. The molecule has 0 bridgehead atoms. The van der Waals surface area contributed by atoms with Crippen LogP contribution in [-0.2, 0) is 28.6 Å². The molecule has 434 valence electrons. The van der Waals surface area contributed by atoms with Gasteiger partial charge in [-0.25, -0.2) is 0 Å². The lowest BCUT2D eigenvalue weighted by Crippen LogP contribution is -2.30. The van der Waals surface area contributed by atoms with Crippen molar-refractivity contribution in [1.29, 1.82) is 0 Å². The highest BCUT2D eigenvalue weighted by molar-refractivity contribution is 5.71.